The first-order valence-electron chi connectivity index (χ1n) is 4.52. The van der Waals surface area contributed by atoms with Crippen LogP contribution in [0.4, 0.5) is 0 Å². The van der Waals surface area contributed by atoms with Crippen LogP contribution in [0.2, 0.25) is 0 Å². The lowest BCUT2D eigenvalue weighted by Gasteiger charge is -2.40. The fraction of sp³-hybridized carbons (Fsp3) is 1.00. The van der Waals surface area contributed by atoms with Crippen LogP contribution >= 0.6 is 0 Å². The van der Waals surface area contributed by atoms with Crippen molar-refractivity contribution < 1.29 is 20.4 Å². The number of aliphatic hydroxyl groups is 4. The van der Waals surface area contributed by atoms with E-state index < -0.39 is 18.2 Å². The van der Waals surface area contributed by atoms with Gasteiger partial charge in [-0.2, -0.15) is 0 Å². The number of β-amino-alcohol motifs (C(OH)–C–C–N with tert-alkyl or cyclic N) is 1. The predicted octanol–water partition coefficient (Wildman–Crippen LogP) is -2.23. The topological polar surface area (TPSA) is 84.2 Å². The molecule has 1 heterocycles. The molecule has 0 aliphatic carbocycles. The van der Waals surface area contributed by atoms with E-state index >= 15 is 0 Å². The minimum Gasteiger partial charge on any atom is -0.395 e. The summed E-state index contributed by atoms with van der Waals surface area (Å²) in [6, 6.07) is -0.448. The van der Waals surface area contributed by atoms with Crippen molar-refractivity contribution in [2.75, 3.05) is 26.3 Å². The van der Waals surface area contributed by atoms with Gasteiger partial charge in [-0.3, -0.25) is 4.90 Å². The van der Waals surface area contributed by atoms with Crippen LogP contribution in [-0.4, -0.2) is 69.9 Å². The van der Waals surface area contributed by atoms with Gasteiger partial charge in [0.2, 0.25) is 0 Å². The molecule has 3 unspecified atom stereocenters. The van der Waals surface area contributed by atoms with Crippen LogP contribution in [0.25, 0.3) is 0 Å². The van der Waals surface area contributed by atoms with Gasteiger partial charge in [-0.05, 0) is 6.42 Å². The van der Waals surface area contributed by atoms with E-state index in [1.807, 2.05) is 0 Å². The van der Waals surface area contributed by atoms with Crippen LogP contribution in [0.5, 0.6) is 0 Å². The van der Waals surface area contributed by atoms with E-state index in [1.165, 1.54) is 0 Å². The Bertz CT molecular complexity index is 155. The number of nitrogens with zero attached hydrogens (tertiary/aromatic N) is 1. The van der Waals surface area contributed by atoms with Crippen LogP contribution in [0.3, 0.4) is 0 Å². The third-order valence-corrected chi connectivity index (χ3v) is 2.54. The normalized spacial score (nSPS) is 36.5. The standard InChI is InChI=1S/C8H17NO4/c10-4-3-9-2-1-7(12)8(13)6(9)5-11/h6-8,10-13H,1-5H2. The first kappa shape index (κ1) is 10.9. The van der Waals surface area contributed by atoms with Crippen LogP contribution in [0, 0.1) is 0 Å². The molecule has 0 aromatic heterocycles. The maximum absolute atomic E-state index is 9.50. The monoisotopic (exact) mass is 191 g/mol. The lowest BCUT2D eigenvalue weighted by atomic mass is 9.96. The molecule has 78 valence electrons. The second kappa shape index (κ2) is 4.88. The molecular formula is C8H17NO4. The highest BCUT2D eigenvalue weighted by atomic mass is 16.3. The fourth-order valence-electron chi connectivity index (χ4n) is 1.74. The minimum absolute atomic E-state index is 0.000679. The van der Waals surface area contributed by atoms with Crippen LogP contribution in [0.1, 0.15) is 6.42 Å². The average molecular weight is 191 g/mol. The van der Waals surface area contributed by atoms with Crippen molar-refractivity contribution in [1.82, 2.24) is 4.90 Å². The van der Waals surface area contributed by atoms with E-state index in [4.69, 9.17) is 10.2 Å². The van der Waals surface area contributed by atoms with Crippen molar-refractivity contribution >= 4 is 0 Å². The van der Waals surface area contributed by atoms with Crippen LogP contribution < -0.4 is 0 Å². The zero-order valence-corrected chi connectivity index (χ0v) is 7.50. The molecule has 0 radical (unpaired) electrons. The molecule has 0 spiro atoms. The summed E-state index contributed by atoms with van der Waals surface area (Å²) in [6.45, 7) is 0.830. The highest BCUT2D eigenvalue weighted by molar-refractivity contribution is 4.88. The maximum Gasteiger partial charge on any atom is 0.0976 e. The van der Waals surface area contributed by atoms with Crippen LogP contribution in [-0.2, 0) is 0 Å². The molecule has 0 aromatic rings. The molecule has 0 saturated carbocycles. The summed E-state index contributed by atoms with van der Waals surface area (Å²) in [5, 5.41) is 36.5. The lowest BCUT2D eigenvalue weighted by Crippen LogP contribution is -2.56. The van der Waals surface area contributed by atoms with Crippen molar-refractivity contribution in [2.24, 2.45) is 0 Å². The van der Waals surface area contributed by atoms with Crippen molar-refractivity contribution in [3.63, 3.8) is 0 Å². The van der Waals surface area contributed by atoms with E-state index in [0.29, 0.717) is 19.5 Å². The second-order valence-electron chi connectivity index (χ2n) is 3.36. The summed E-state index contributed by atoms with van der Waals surface area (Å²) in [4.78, 5) is 1.79. The largest absolute Gasteiger partial charge is 0.395 e. The zero-order valence-electron chi connectivity index (χ0n) is 7.50. The summed E-state index contributed by atoms with van der Waals surface area (Å²) in [5.74, 6) is 0. The molecule has 0 amide bonds. The molecule has 5 heteroatoms. The Labute approximate surface area is 77.2 Å². The Hall–Kier alpha value is -0.200. The summed E-state index contributed by atoms with van der Waals surface area (Å²) in [6.07, 6.45) is -1.19. The molecule has 1 fully saturated rings. The molecule has 0 aromatic carbocycles. The number of piperidine rings is 1. The summed E-state index contributed by atoms with van der Waals surface area (Å²) < 4.78 is 0. The number of hydrogen-bond donors (Lipinski definition) is 4. The number of rotatable bonds is 3. The van der Waals surface area contributed by atoms with E-state index in [2.05, 4.69) is 0 Å². The molecule has 0 bridgehead atoms. The van der Waals surface area contributed by atoms with Gasteiger partial charge in [-0.15, -0.1) is 0 Å². The molecule has 4 N–H and O–H groups in total. The van der Waals surface area contributed by atoms with Crippen LogP contribution in [0.15, 0.2) is 0 Å². The van der Waals surface area contributed by atoms with Crippen molar-refractivity contribution in [3.05, 3.63) is 0 Å². The van der Waals surface area contributed by atoms with Gasteiger partial charge in [0.1, 0.15) is 0 Å². The van der Waals surface area contributed by atoms with Gasteiger partial charge in [-0.25, -0.2) is 0 Å². The second-order valence-corrected chi connectivity index (χ2v) is 3.36. The highest BCUT2D eigenvalue weighted by Crippen LogP contribution is 2.17. The molecule has 1 aliphatic rings. The van der Waals surface area contributed by atoms with E-state index in [1.54, 1.807) is 4.90 Å². The average Bonchev–Trinajstić information content (AvgIpc) is 2.12. The van der Waals surface area contributed by atoms with E-state index in [-0.39, 0.29) is 13.2 Å². The number of aliphatic hydroxyl groups excluding tert-OH is 4. The lowest BCUT2D eigenvalue weighted by molar-refractivity contribution is -0.0918. The van der Waals surface area contributed by atoms with Gasteiger partial charge in [0.05, 0.1) is 31.5 Å². The quantitative estimate of drug-likeness (QED) is 0.405. The first-order valence-corrected chi connectivity index (χ1v) is 4.52. The van der Waals surface area contributed by atoms with Crippen molar-refractivity contribution in [3.8, 4) is 0 Å². The maximum atomic E-state index is 9.50. The highest BCUT2D eigenvalue weighted by Gasteiger charge is 2.34. The number of likely N-dealkylation sites (tertiary alicyclic amines) is 1. The molecule has 1 aliphatic heterocycles. The Morgan fingerprint density at radius 2 is 1.92 bits per heavy atom. The van der Waals surface area contributed by atoms with Gasteiger partial charge in [-0.1, -0.05) is 0 Å². The molecule has 5 nitrogen and oxygen atoms in total. The predicted molar refractivity (Wildman–Crippen MR) is 46.2 cm³/mol. The molecule has 13 heavy (non-hydrogen) atoms. The van der Waals surface area contributed by atoms with Gasteiger partial charge in [0.25, 0.3) is 0 Å². The van der Waals surface area contributed by atoms with Gasteiger partial charge >= 0.3 is 0 Å². The van der Waals surface area contributed by atoms with Crippen molar-refractivity contribution in [1.29, 1.82) is 0 Å². The Morgan fingerprint density at radius 3 is 2.46 bits per heavy atom. The van der Waals surface area contributed by atoms with Gasteiger partial charge < -0.3 is 20.4 Å². The smallest absolute Gasteiger partial charge is 0.0976 e. The third kappa shape index (κ3) is 2.38. The van der Waals surface area contributed by atoms with Gasteiger partial charge in [0.15, 0.2) is 0 Å². The van der Waals surface area contributed by atoms with E-state index in [9.17, 15) is 10.2 Å². The Kier molecular flexibility index (Phi) is 4.08. The van der Waals surface area contributed by atoms with Crippen molar-refractivity contribution in [2.45, 2.75) is 24.7 Å². The first-order chi connectivity index (χ1) is 6.20. The Morgan fingerprint density at radius 1 is 1.23 bits per heavy atom. The molecule has 1 rings (SSSR count). The van der Waals surface area contributed by atoms with Gasteiger partial charge in [0, 0.05) is 13.1 Å². The summed E-state index contributed by atoms with van der Waals surface area (Å²) in [7, 11) is 0. The molecular weight excluding hydrogens is 174 g/mol. The molecule has 3 atom stereocenters. The Balaban J connectivity index is 2.55. The number of hydrogen-bond acceptors (Lipinski definition) is 5. The van der Waals surface area contributed by atoms with E-state index in [0.717, 1.165) is 0 Å². The SMILES string of the molecule is OCCN1CCC(O)C(O)C1CO. The fourth-order valence-corrected chi connectivity index (χ4v) is 1.74. The zero-order chi connectivity index (χ0) is 9.84. The summed E-state index contributed by atoms with van der Waals surface area (Å²) >= 11 is 0. The molecule has 1 saturated heterocycles. The summed E-state index contributed by atoms with van der Waals surface area (Å²) in [5.41, 5.74) is 0. The minimum atomic E-state index is -0.912. The third-order valence-electron chi connectivity index (χ3n) is 2.54.